The van der Waals surface area contributed by atoms with Crippen molar-refractivity contribution >= 4 is 23.9 Å². The van der Waals surface area contributed by atoms with E-state index in [9.17, 15) is 19.2 Å². The Kier molecular flexibility index (Phi) is 20.0. The predicted molar refractivity (Wildman–Crippen MR) is 317 cm³/mol. The van der Waals surface area contributed by atoms with E-state index in [0.717, 1.165) is 89.0 Å². The summed E-state index contributed by atoms with van der Waals surface area (Å²) in [5.41, 5.74) is 13.5. The highest BCUT2D eigenvalue weighted by atomic mass is 16.6. The van der Waals surface area contributed by atoms with Crippen LogP contribution in [0.15, 0.2) is 158 Å². The zero-order valence-corrected chi connectivity index (χ0v) is 48.2. The fourth-order valence-electron chi connectivity index (χ4n) is 10.3. The van der Waals surface area contributed by atoms with Gasteiger partial charge in [0.1, 0.15) is 47.7 Å². The van der Waals surface area contributed by atoms with Crippen molar-refractivity contribution in [1.29, 1.82) is 0 Å². The second-order valence-electron chi connectivity index (χ2n) is 20.5. The van der Waals surface area contributed by atoms with E-state index < -0.39 is 23.9 Å². The van der Waals surface area contributed by atoms with Crippen LogP contribution in [0.4, 0.5) is 0 Å². The third-order valence-electron chi connectivity index (χ3n) is 14.6. The Bertz CT molecular complexity index is 3210. The molecule has 0 aromatic heterocycles. The summed E-state index contributed by atoms with van der Waals surface area (Å²) < 4.78 is 60.2. The van der Waals surface area contributed by atoms with Crippen LogP contribution in [0, 0.1) is 13.8 Å². The number of esters is 4. The predicted octanol–water partition coefficient (Wildman–Crippen LogP) is 11.5. The summed E-state index contributed by atoms with van der Waals surface area (Å²) >= 11 is 0. The van der Waals surface area contributed by atoms with Crippen molar-refractivity contribution in [1.82, 2.24) is 0 Å². The van der Waals surface area contributed by atoms with Gasteiger partial charge in [-0.3, -0.25) is 0 Å². The fourth-order valence-corrected chi connectivity index (χ4v) is 10.3. The maximum Gasteiger partial charge on any atom is 0.343 e. The van der Waals surface area contributed by atoms with Gasteiger partial charge in [-0.1, -0.05) is 169 Å². The first-order chi connectivity index (χ1) is 40.9. The summed E-state index contributed by atoms with van der Waals surface area (Å²) in [4.78, 5) is 51.7. The van der Waals surface area contributed by atoms with Crippen LogP contribution in [0.1, 0.15) is 89.0 Å². The first kappa shape index (κ1) is 59.1. The largest absolute Gasteiger partial charge is 0.488 e. The van der Waals surface area contributed by atoms with Gasteiger partial charge in [-0.15, -0.1) is 0 Å². The van der Waals surface area contributed by atoms with Gasteiger partial charge in [0.25, 0.3) is 0 Å². The third-order valence-corrected chi connectivity index (χ3v) is 14.6. The van der Waals surface area contributed by atoms with E-state index in [4.69, 9.17) is 47.4 Å². The molecule has 8 aromatic rings. The number of aryl methyl sites for hydroxylation is 2. The van der Waals surface area contributed by atoms with Gasteiger partial charge in [-0.2, -0.15) is 0 Å². The Morgan fingerprint density at radius 1 is 0.274 bits per heavy atom. The molecule has 0 spiro atoms. The first-order valence-electron chi connectivity index (χ1n) is 27.7. The molecule has 0 heterocycles. The van der Waals surface area contributed by atoms with E-state index in [1.165, 1.54) is 28.4 Å². The Morgan fingerprint density at radius 2 is 0.452 bits per heavy atom. The topological polar surface area (TPSA) is 161 Å². The van der Waals surface area contributed by atoms with Crippen LogP contribution in [0.2, 0.25) is 0 Å². The van der Waals surface area contributed by atoms with Gasteiger partial charge in [0.15, 0.2) is 26.4 Å². The number of hydrogen-bond acceptors (Lipinski definition) is 14. The number of benzene rings is 8. The van der Waals surface area contributed by atoms with Crippen molar-refractivity contribution < 1.29 is 66.5 Å². The number of hydrogen-bond donors (Lipinski definition) is 0. The van der Waals surface area contributed by atoms with Gasteiger partial charge in [-0.05, 0) is 91.7 Å². The van der Waals surface area contributed by atoms with Gasteiger partial charge in [0.05, 0.1) is 28.4 Å². The molecule has 14 nitrogen and oxygen atoms in total. The number of carbonyl (C=O) groups excluding carboxylic acids is 4. The minimum Gasteiger partial charge on any atom is -0.488 e. The summed E-state index contributed by atoms with van der Waals surface area (Å²) in [5.74, 6) is 0.910. The Morgan fingerprint density at radius 3 is 0.631 bits per heavy atom. The van der Waals surface area contributed by atoms with Crippen LogP contribution in [0.5, 0.6) is 34.5 Å². The van der Waals surface area contributed by atoms with Gasteiger partial charge in [0, 0.05) is 38.5 Å². The minimum absolute atomic E-state index is 0.251. The smallest absolute Gasteiger partial charge is 0.343 e. The SMILES string of the molecule is COC(=O)COc1c2cccc1Cc1cccc(c1OCc1ccc(C)cc1)Cc1cccc(c1OCC(=O)OC)Cc1cccc(c1OCC(=O)OC)Cc1cccc(c1OCc1ccc(C)cc1)Cc1cccc(c1OCC(=O)OC)C2. The Hall–Kier alpha value is -9.56. The lowest BCUT2D eigenvalue weighted by molar-refractivity contribution is -0.143. The van der Waals surface area contributed by atoms with E-state index in [2.05, 4.69) is 0 Å². The molecule has 9 rings (SSSR count). The number of rotatable bonds is 18. The highest BCUT2D eigenvalue weighted by Gasteiger charge is 2.25. The number of methoxy groups -OCH3 is 4. The molecule has 8 aromatic carbocycles. The van der Waals surface area contributed by atoms with E-state index in [-0.39, 0.29) is 52.5 Å². The molecular weight excluding hydrogens is 1060 g/mol. The normalized spacial score (nSPS) is 11.9. The molecule has 12 bridgehead atoms. The Labute approximate surface area is 490 Å². The van der Waals surface area contributed by atoms with Crippen LogP contribution >= 0.6 is 0 Å². The third kappa shape index (κ3) is 15.1. The minimum atomic E-state index is -0.559. The lowest BCUT2D eigenvalue weighted by Gasteiger charge is -2.22. The monoisotopic (exact) mass is 1130 g/mol. The van der Waals surface area contributed by atoms with E-state index in [0.29, 0.717) is 60.2 Å². The van der Waals surface area contributed by atoms with Crippen molar-refractivity contribution in [2.45, 2.75) is 65.6 Å². The van der Waals surface area contributed by atoms with Crippen molar-refractivity contribution in [3.05, 3.63) is 247 Å². The molecule has 0 saturated heterocycles. The number of para-hydroxylation sites is 6. The quantitative estimate of drug-likeness (QED) is 0.0589. The molecule has 14 heteroatoms. The summed E-state index contributed by atoms with van der Waals surface area (Å²) in [6.07, 6.45) is 1.77. The number of fused-ring (bicyclic) bond motifs is 12. The van der Waals surface area contributed by atoms with E-state index >= 15 is 0 Å². The van der Waals surface area contributed by atoms with Crippen LogP contribution in [0.3, 0.4) is 0 Å². The first-order valence-corrected chi connectivity index (χ1v) is 27.7. The maximum atomic E-state index is 12.9. The fraction of sp³-hybridized carbons (Fsp3) is 0.257. The van der Waals surface area contributed by atoms with Crippen LogP contribution in [-0.2, 0) is 89.9 Å². The molecule has 0 amide bonds. The molecule has 0 N–H and O–H groups in total. The van der Waals surface area contributed by atoms with Gasteiger partial charge in [-0.25, -0.2) is 19.2 Å². The highest BCUT2D eigenvalue weighted by Crippen LogP contribution is 2.41. The van der Waals surface area contributed by atoms with Crippen molar-refractivity contribution in [3.8, 4) is 34.5 Å². The molecule has 0 unspecified atom stereocenters. The lowest BCUT2D eigenvalue weighted by Crippen LogP contribution is -2.16. The molecule has 0 aliphatic heterocycles. The summed E-state index contributed by atoms with van der Waals surface area (Å²) in [6.45, 7) is 3.12. The van der Waals surface area contributed by atoms with Gasteiger partial charge in [0.2, 0.25) is 0 Å². The zero-order valence-electron chi connectivity index (χ0n) is 48.2. The second-order valence-corrected chi connectivity index (χ2v) is 20.5. The van der Waals surface area contributed by atoms with Gasteiger partial charge >= 0.3 is 23.9 Å². The standard InChI is InChI=1S/C70H68O14/c1-45-25-29-47(30-26-45)39-79-65-49-13-7-14-50(65)34-54-18-10-22-58(68(54)82-42-62(72)76-4)38-60-24-12-20-56(70(60)84-44-64(74)78-6)36-52-16-8-15-51(66(52)80-40-48-31-27-46(2)28-32-48)35-55-19-11-23-59(69(55)83-43-63(73)77-5)37-57-21-9-17-53(33-49)67(57)81-41-61(71)75-3/h7-32H,33-44H2,1-6H3. The highest BCUT2D eigenvalue weighted by molar-refractivity contribution is 5.73. The molecule has 1 aliphatic carbocycles. The molecule has 0 fully saturated rings. The molecule has 84 heavy (non-hydrogen) atoms. The number of carbonyl (C=O) groups is 4. The molecule has 0 saturated carbocycles. The molecule has 432 valence electrons. The molecule has 0 atom stereocenters. The van der Waals surface area contributed by atoms with Crippen molar-refractivity contribution in [2.75, 3.05) is 54.9 Å². The number of ether oxygens (including phenoxy) is 10. The molecule has 1 aliphatic rings. The van der Waals surface area contributed by atoms with Crippen molar-refractivity contribution in [3.63, 3.8) is 0 Å². The molecule has 0 radical (unpaired) electrons. The molecular formula is C70H68O14. The van der Waals surface area contributed by atoms with E-state index in [1.54, 1.807) is 0 Å². The average molecular weight is 1130 g/mol. The van der Waals surface area contributed by atoms with Crippen LogP contribution in [0.25, 0.3) is 0 Å². The zero-order chi connectivity index (χ0) is 59.0. The van der Waals surface area contributed by atoms with E-state index in [1.807, 2.05) is 172 Å². The average Bonchev–Trinajstić information content (AvgIpc) is 2.49. The van der Waals surface area contributed by atoms with Crippen LogP contribution < -0.4 is 28.4 Å². The van der Waals surface area contributed by atoms with Gasteiger partial charge < -0.3 is 47.4 Å². The summed E-state index contributed by atoms with van der Waals surface area (Å²) in [5, 5.41) is 0. The van der Waals surface area contributed by atoms with Crippen LogP contribution in [-0.4, -0.2) is 78.7 Å². The summed E-state index contributed by atoms with van der Waals surface area (Å²) in [7, 11) is 5.27. The summed E-state index contributed by atoms with van der Waals surface area (Å²) in [6, 6.07) is 51.8. The lowest BCUT2D eigenvalue weighted by atomic mass is 9.91. The van der Waals surface area contributed by atoms with Crippen molar-refractivity contribution in [2.24, 2.45) is 0 Å². The second kappa shape index (κ2) is 28.4. The maximum absolute atomic E-state index is 12.9. The Balaban J connectivity index is 1.27.